The van der Waals surface area contributed by atoms with Gasteiger partial charge in [-0.05, 0) is 23.8 Å². The van der Waals surface area contributed by atoms with E-state index in [1.165, 1.54) is 0 Å². The molecule has 0 heterocycles. The fourth-order valence-corrected chi connectivity index (χ4v) is 1.48. The molecule has 76 valence electrons. The van der Waals surface area contributed by atoms with Gasteiger partial charge in [0, 0.05) is 15.5 Å². The van der Waals surface area contributed by atoms with Gasteiger partial charge in [0.05, 0.1) is 0 Å². The molecule has 4 heteroatoms. The van der Waals surface area contributed by atoms with Crippen molar-refractivity contribution in [2.24, 2.45) is 5.73 Å². The summed E-state index contributed by atoms with van der Waals surface area (Å²) in [4.78, 5) is 0. The maximum Gasteiger partial charge on any atom is 0.120 e. The van der Waals surface area contributed by atoms with Crippen LogP contribution in [0.2, 0.25) is 0 Å². The van der Waals surface area contributed by atoms with Gasteiger partial charge in [-0.1, -0.05) is 38.4 Å². The Balaban J connectivity index is 2.74. The lowest BCUT2D eigenvalue weighted by molar-refractivity contribution is 0.360. The number of hydrogen-bond donors (Lipinski definition) is 1. The van der Waals surface area contributed by atoms with E-state index in [4.69, 9.17) is 10.5 Å². The van der Waals surface area contributed by atoms with E-state index in [0.29, 0.717) is 13.2 Å². The third-order valence-electron chi connectivity index (χ3n) is 1.63. The predicted molar refractivity (Wildman–Crippen MR) is 65.6 cm³/mol. The van der Waals surface area contributed by atoms with Gasteiger partial charge in [0.1, 0.15) is 12.4 Å². The maximum atomic E-state index is 5.56. The fourth-order valence-electron chi connectivity index (χ4n) is 0.959. The molecule has 0 spiro atoms. The Bertz CT molecular complexity index is 339. The summed E-state index contributed by atoms with van der Waals surface area (Å²) in [7, 11) is 0. The Kier molecular flexibility index (Phi) is 4.65. The first-order chi connectivity index (χ1) is 6.63. The molecule has 1 rings (SSSR count). The summed E-state index contributed by atoms with van der Waals surface area (Å²) in [6.07, 6.45) is 0. The molecule has 0 unspecified atom stereocenters. The van der Waals surface area contributed by atoms with Crippen LogP contribution in [0.25, 0.3) is 0 Å². The van der Waals surface area contributed by atoms with Crippen LogP contribution in [0.15, 0.2) is 33.7 Å². The number of rotatable bonds is 4. The summed E-state index contributed by atoms with van der Waals surface area (Å²) >= 11 is 6.64. The Hall–Kier alpha value is -0.320. The van der Waals surface area contributed by atoms with E-state index < -0.39 is 0 Å². The summed E-state index contributed by atoms with van der Waals surface area (Å²) in [6, 6.07) is 5.73. The van der Waals surface area contributed by atoms with Crippen molar-refractivity contribution in [2.45, 2.75) is 6.54 Å². The van der Waals surface area contributed by atoms with Crippen molar-refractivity contribution >= 4 is 31.9 Å². The topological polar surface area (TPSA) is 35.2 Å². The van der Waals surface area contributed by atoms with Crippen LogP contribution in [0.4, 0.5) is 0 Å². The van der Waals surface area contributed by atoms with Gasteiger partial charge in [-0.25, -0.2) is 0 Å². The van der Waals surface area contributed by atoms with Crippen LogP contribution >= 0.6 is 31.9 Å². The Morgan fingerprint density at radius 1 is 1.50 bits per heavy atom. The van der Waals surface area contributed by atoms with Gasteiger partial charge in [-0.2, -0.15) is 0 Å². The molecule has 0 aromatic heterocycles. The van der Waals surface area contributed by atoms with Gasteiger partial charge in [0.2, 0.25) is 0 Å². The molecular weight excluding hydrogens is 310 g/mol. The highest BCUT2D eigenvalue weighted by molar-refractivity contribution is 9.11. The summed E-state index contributed by atoms with van der Waals surface area (Å²) in [5, 5.41) is 0. The van der Waals surface area contributed by atoms with Crippen molar-refractivity contribution < 1.29 is 4.74 Å². The quantitative estimate of drug-likeness (QED) is 0.924. The Labute approximate surface area is 100 Å². The number of benzene rings is 1. The first kappa shape index (κ1) is 11.8. The van der Waals surface area contributed by atoms with Crippen LogP contribution in [-0.4, -0.2) is 6.61 Å². The number of hydrogen-bond acceptors (Lipinski definition) is 2. The second kappa shape index (κ2) is 5.53. The van der Waals surface area contributed by atoms with Crippen molar-refractivity contribution in [3.63, 3.8) is 0 Å². The molecule has 0 bridgehead atoms. The number of halogens is 2. The van der Waals surface area contributed by atoms with Gasteiger partial charge < -0.3 is 10.5 Å². The SMILES string of the molecule is C=C(Br)COc1ccc(Br)c(CN)c1. The van der Waals surface area contributed by atoms with Crippen LogP contribution in [0, 0.1) is 0 Å². The van der Waals surface area contributed by atoms with Crippen molar-refractivity contribution in [1.82, 2.24) is 0 Å². The standard InChI is InChI=1S/C10H11Br2NO/c1-7(11)6-14-9-2-3-10(12)8(4-9)5-13/h2-4H,1,5-6,13H2. The largest absolute Gasteiger partial charge is 0.488 e. The Morgan fingerprint density at radius 2 is 2.21 bits per heavy atom. The molecule has 0 aliphatic carbocycles. The average Bonchev–Trinajstić information content (AvgIpc) is 2.16. The van der Waals surface area contributed by atoms with Crippen LogP contribution < -0.4 is 10.5 Å². The van der Waals surface area contributed by atoms with E-state index in [9.17, 15) is 0 Å². The van der Waals surface area contributed by atoms with Gasteiger partial charge in [-0.3, -0.25) is 0 Å². The molecule has 0 saturated carbocycles. The molecule has 0 saturated heterocycles. The van der Waals surface area contributed by atoms with Gasteiger partial charge >= 0.3 is 0 Å². The van der Waals surface area contributed by atoms with E-state index in [2.05, 4.69) is 38.4 Å². The molecule has 2 N–H and O–H groups in total. The molecule has 0 aliphatic heterocycles. The van der Waals surface area contributed by atoms with Crippen molar-refractivity contribution in [2.75, 3.05) is 6.61 Å². The minimum Gasteiger partial charge on any atom is -0.488 e. The highest BCUT2D eigenvalue weighted by Crippen LogP contribution is 2.22. The van der Waals surface area contributed by atoms with E-state index in [0.717, 1.165) is 20.3 Å². The highest BCUT2D eigenvalue weighted by atomic mass is 79.9. The van der Waals surface area contributed by atoms with E-state index in [-0.39, 0.29) is 0 Å². The highest BCUT2D eigenvalue weighted by Gasteiger charge is 2.00. The average molecular weight is 321 g/mol. The lowest BCUT2D eigenvalue weighted by Gasteiger charge is -2.07. The van der Waals surface area contributed by atoms with Crippen LogP contribution in [-0.2, 0) is 6.54 Å². The van der Waals surface area contributed by atoms with Crippen LogP contribution in [0.1, 0.15) is 5.56 Å². The fraction of sp³-hybridized carbons (Fsp3) is 0.200. The summed E-state index contributed by atoms with van der Waals surface area (Å²) in [5.74, 6) is 0.800. The molecule has 14 heavy (non-hydrogen) atoms. The number of nitrogens with two attached hydrogens (primary N) is 1. The van der Waals surface area contributed by atoms with Crippen LogP contribution in [0.5, 0.6) is 5.75 Å². The summed E-state index contributed by atoms with van der Waals surface area (Å²) < 4.78 is 7.26. The molecule has 0 aliphatic rings. The van der Waals surface area contributed by atoms with E-state index in [1.54, 1.807) is 0 Å². The molecule has 0 fully saturated rings. The first-order valence-corrected chi connectivity index (χ1v) is 5.66. The van der Waals surface area contributed by atoms with E-state index in [1.807, 2.05) is 18.2 Å². The van der Waals surface area contributed by atoms with E-state index >= 15 is 0 Å². The maximum absolute atomic E-state index is 5.56. The van der Waals surface area contributed by atoms with Crippen molar-refractivity contribution in [3.8, 4) is 5.75 Å². The predicted octanol–water partition coefficient (Wildman–Crippen LogP) is 3.20. The molecule has 1 aromatic rings. The lowest BCUT2D eigenvalue weighted by Crippen LogP contribution is -2.00. The summed E-state index contributed by atoms with van der Waals surface area (Å²) in [6.45, 7) is 4.65. The minimum atomic E-state index is 0.464. The van der Waals surface area contributed by atoms with Crippen LogP contribution in [0.3, 0.4) is 0 Å². The minimum absolute atomic E-state index is 0.464. The second-order valence-corrected chi connectivity index (χ2v) is 4.74. The van der Waals surface area contributed by atoms with Crippen molar-refractivity contribution in [3.05, 3.63) is 39.3 Å². The van der Waals surface area contributed by atoms with Gasteiger partial charge in [0.25, 0.3) is 0 Å². The first-order valence-electron chi connectivity index (χ1n) is 4.08. The smallest absolute Gasteiger partial charge is 0.120 e. The zero-order chi connectivity index (χ0) is 10.6. The Morgan fingerprint density at radius 3 is 2.79 bits per heavy atom. The lowest BCUT2D eigenvalue weighted by atomic mass is 10.2. The third kappa shape index (κ3) is 3.44. The van der Waals surface area contributed by atoms with Gasteiger partial charge in [-0.15, -0.1) is 0 Å². The van der Waals surface area contributed by atoms with Gasteiger partial charge in [0.15, 0.2) is 0 Å². The molecular formula is C10H11Br2NO. The van der Waals surface area contributed by atoms with Crippen molar-refractivity contribution in [1.29, 1.82) is 0 Å². The molecule has 0 amide bonds. The second-order valence-electron chi connectivity index (χ2n) is 2.76. The third-order valence-corrected chi connectivity index (χ3v) is 2.64. The molecule has 0 atom stereocenters. The number of ether oxygens (including phenoxy) is 1. The monoisotopic (exact) mass is 319 g/mol. The zero-order valence-electron chi connectivity index (χ0n) is 7.59. The molecule has 0 radical (unpaired) electrons. The molecule has 2 nitrogen and oxygen atoms in total. The zero-order valence-corrected chi connectivity index (χ0v) is 10.8. The summed E-state index contributed by atoms with van der Waals surface area (Å²) in [5.41, 5.74) is 6.59. The molecule has 1 aromatic carbocycles. The normalized spacial score (nSPS) is 9.93.